The van der Waals surface area contributed by atoms with Crippen LogP contribution in [0.25, 0.3) is 0 Å². The van der Waals surface area contributed by atoms with Crippen molar-refractivity contribution in [2.24, 2.45) is 0 Å². The first-order valence-corrected chi connectivity index (χ1v) is 7.41. The van der Waals surface area contributed by atoms with Crippen molar-refractivity contribution in [3.63, 3.8) is 0 Å². The monoisotopic (exact) mass is 242 g/mol. The fourth-order valence-corrected chi connectivity index (χ4v) is 2.83. The second-order valence-corrected chi connectivity index (χ2v) is 5.48. The molecule has 0 aliphatic rings. The van der Waals surface area contributed by atoms with E-state index in [1.807, 2.05) is 18.2 Å². The molecule has 0 amide bonds. The SMILES string of the molecule is CCCCc1ccccc1[AsH](=O)O. The summed E-state index contributed by atoms with van der Waals surface area (Å²) in [5, 5.41) is 0. The van der Waals surface area contributed by atoms with E-state index in [-0.39, 0.29) is 0 Å². The van der Waals surface area contributed by atoms with Crippen molar-refractivity contribution >= 4 is 19.3 Å². The summed E-state index contributed by atoms with van der Waals surface area (Å²) in [6.07, 6.45) is 3.13. The number of unbranched alkanes of at least 4 members (excludes halogenated alkanes) is 1. The van der Waals surface area contributed by atoms with Crippen LogP contribution in [-0.4, -0.2) is 19.0 Å². The first kappa shape index (κ1) is 10.6. The maximum atomic E-state index is 11.0. The van der Waals surface area contributed by atoms with Gasteiger partial charge in [-0.05, 0) is 0 Å². The van der Waals surface area contributed by atoms with Crippen LogP contribution in [0.3, 0.4) is 0 Å². The third kappa shape index (κ3) is 3.05. The topological polar surface area (TPSA) is 37.3 Å². The zero-order valence-corrected chi connectivity index (χ0v) is 9.88. The fraction of sp³-hybridized carbons (Fsp3) is 0.400. The van der Waals surface area contributed by atoms with Crippen molar-refractivity contribution in [1.29, 1.82) is 0 Å². The van der Waals surface area contributed by atoms with Gasteiger partial charge in [0, 0.05) is 0 Å². The van der Waals surface area contributed by atoms with Crippen molar-refractivity contribution in [3.05, 3.63) is 29.8 Å². The van der Waals surface area contributed by atoms with Crippen LogP contribution >= 0.6 is 0 Å². The van der Waals surface area contributed by atoms with Crippen molar-refractivity contribution < 1.29 is 7.84 Å². The molecule has 0 bridgehead atoms. The minimum absolute atomic E-state index is 0.691. The maximum absolute atomic E-state index is 11.0. The molecule has 0 radical (unpaired) electrons. The molecule has 0 fully saturated rings. The van der Waals surface area contributed by atoms with Crippen LogP contribution in [0.4, 0.5) is 0 Å². The van der Waals surface area contributed by atoms with Crippen molar-refractivity contribution in [2.45, 2.75) is 26.2 Å². The van der Waals surface area contributed by atoms with Crippen LogP contribution < -0.4 is 4.35 Å². The first-order chi connectivity index (χ1) is 6.25. The molecular weight excluding hydrogens is 227 g/mol. The summed E-state index contributed by atoms with van der Waals surface area (Å²) in [5.41, 5.74) is 1.05. The van der Waals surface area contributed by atoms with Gasteiger partial charge in [-0.2, -0.15) is 0 Å². The molecule has 1 rings (SSSR count). The molecule has 0 aromatic heterocycles. The molecule has 1 aromatic carbocycles. The van der Waals surface area contributed by atoms with E-state index in [2.05, 4.69) is 6.92 Å². The van der Waals surface area contributed by atoms with Gasteiger partial charge in [-0.25, -0.2) is 0 Å². The van der Waals surface area contributed by atoms with Gasteiger partial charge < -0.3 is 0 Å². The van der Waals surface area contributed by atoms with Crippen LogP contribution in [0.15, 0.2) is 24.3 Å². The fourth-order valence-electron chi connectivity index (χ4n) is 1.31. The third-order valence-electron chi connectivity index (χ3n) is 2.05. The molecule has 72 valence electrons. The third-order valence-corrected chi connectivity index (χ3v) is 4.04. The Morgan fingerprint density at radius 1 is 1.38 bits per heavy atom. The molecule has 1 N–H and O–H groups in total. The van der Waals surface area contributed by atoms with Crippen LogP contribution in [0.1, 0.15) is 25.3 Å². The number of benzene rings is 1. The average Bonchev–Trinajstić information content (AvgIpc) is 2.15. The van der Waals surface area contributed by atoms with E-state index in [0.29, 0.717) is 4.35 Å². The summed E-state index contributed by atoms with van der Waals surface area (Å²) in [7, 11) is 0. The van der Waals surface area contributed by atoms with Crippen molar-refractivity contribution in [2.75, 3.05) is 0 Å². The zero-order chi connectivity index (χ0) is 9.68. The molecule has 1 aromatic rings. The van der Waals surface area contributed by atoms with Crippen LogP contribution in [0, 0.1) is 0 Å². The molecule has 2 nitrogen and oxygen atoms in total. The number of aryl methyl sites for hydroxylation is 1. The molecular formula is C10H15AsO2. The summed E-state index contributed by atoms with van der Waals surface area (Å²) in [4.78, 5) is 0. The Morgan fingerprint density at radius 2 is 2.08 bits per heavy atom. The van der Waals surface area contributed by atoms with E-state index < -0.39 is 14.9 Å². The van der Waals surface area contributed by atoms with Gasteiger partial charge in [-0.15, -0.1) is 0 Å². The van der Waals surface area contributed by atoms with Crippen LogP contribution in [0.2, 0.25) is 0 Å². The quantitative estimate of drug-likeness (QED) is 0.796. The molecule has 3 heteroatoms. The predicted octanol–water partition coefficient (Wildman–Crippen LogP) is 0.879. The van der Waals surface area contributed by atoms with Gasteiger partial charge in [0.25, 0.3) is 0 Å². The molecule has 0 heterocycles. The summed E-state index contributed by atoms with van der Waals surface area (Å²) < 4.78 is 20.8. The Kier molecular flexibility index (Phi) is 4.34. The van der Waals surface area contributed by atoms with Gasteiger partial charge in [-0.3, -0.25) is 0 Å². The van der Waals surface area contributed by atoms with E-state index >= 15 is 0 Å². The standard InChI is InChI=1S/C10H15AsO2/c1-2-3-6-9-7-4-5-8-10(9)11(12)13/h4-5,7-8,11H,2-3,6H2,1H3,(H,12,13). The summed E-state index contributed by atoms with van der Waals surface area (Å²) in [6.45, 7) is 2.12. The van der Waals surface area contributed by atoms with Crippen LogP contribution in [0.5, 0.6) is 0 Å². The van der Waals surface area contributed by atoms with Gasteiger partial charge in [-0.1, -0.05) is 0 Å². The Hall–Kier alpha value is -0.462. The van der Waals surface area contributed by atoms with Crippen molar-refractivity contribution in [3.8, 4) is 0 Å². The second kappa shape index (κ2) is 5.31. The zero-order valence-electron chi connectivity index (χ0n) is 7.79. The van der Waals surface area contributed by atoms with Gasteiger partial charge in [0.1, 0.15) is 0 Å². The summed E-state index contributed by atoms with van der Waals surface area (Å²) >= 11 is -3.12. The molecule has 1 unspecified atom stereocenters. The molecule has 0 saturated carbocycles. The summed E-state index contributed by atoms with van der Waals surface area (Å²) in [6, 6.07) is 7.47. The first-order valence-electron chi connectivity index (χ1n) is 4.57. The normalized spacial score (nSPS) is 12.8. The molecule has 0 spiro atoms. The van der Waals surface area contributed by atoms with Gasteiger partial charge in [0.05, 0.1) is 0 Å². The average molecular weight is 242 g/mol. The molecule has 0 saturated heterocycles. The van der Waals surface area contributed by atoms with E-state index in [4.69, 9.17) is 4.10 Å². The molecule has 13 heavy (non-hydrogen) atoms. The number of hydrogen-bond donors (Lipinski definition) is 1. The molecule has 1 atom stereocenters. The number of hydrogen-bond acceptors (Lipinski definition) is 1. The van der Waals surface area contributed by atoms with E-state index in [1.54, 1.807) is 6.07 Å². The van der Waals surface area contributed by atoms with E-state index in [0.717, 1.165) is 24.8 Å². The van der Waals surface area contributed by atoms with E-state index in [1.165, 1.54) is 0 Å². The van der Waals surface area contributed by atoms with Gasteiger partial charge in [0.2, 0.25) is 0 Å². The van der Waals surface area contributed by atoms with Gasteiger partial charge in [0.15, 0.2) is 0 Å². The van der Waals surface area contributed by atoms with Gasteiger partial charge >= 0.3 is 83.1 Å². The van der Waals surface area contributed by atoms with Crippen LogP contribution in [-0.2, 0) is 10.2 Å². The van der Waals surface area contributed by atoms with E-state index in [9.17, 15) is 3.74 Å². The predicted molar refractivity (Wildman–Crippen MR) is 54.7 cm³/mol. The number of rotatable bonds is 4. The second-order valence-electron chi connectivity index (χ2n) is 3.07. The minimum atomic E-state index is -3.12. The Labute approximate surface area is 83.4 Å². The Bertz CT molecular complexity index is 297. The van der Waals surface area contributed by atoms with Crippen molar-refractivity contribution in [1.82, 2.24) is 0 Å². The summed E-state index contributed by atoms with van der Waals surface area (Å²) in [5.74, 6) is 0. The molecule has 0 aliphatic heterocycles. The molecule has 0 aliphatic carbocycles. The Balaban J connectivity index is 2.84. The Morgan fingerprint density at radius 3 is 2.69 bits per heavy atom.